The van der Waals surface area contributed by atoms with Gasteiger partial charge in [0.05, 0.1) is 29.8 Å². The van der Waals surface area contributed by atoms with Crippen LogP contribution in [0.15, 0.2) is 54.6 Å². The number of carbonyl (C=O) groups excluding carboxylic acids is 1. The number of ether oxygens (including phenoxy) is 1. The summed E-state index contributed by atoms with van der Waals surface area (Å²) in [5.41, 5.74) is 3.90. The third-order valence-electron chi connectivity index (χ3n) is 5.88. The molecule has 5 nitrogen and oxygen atoms in total. The summed E-state index contributed by atoms with van der Waals surface area (Å²) in [6.07, 6.45) is 3.39. The van der Waals surface area contributed by atoms with Gasteiger partial charge in [-0.1, -0.05) is 42.5 Å². The summed E-state index contributed by atoms with van der Waals surface area (Å²) < 4.78 is 18.9. The van der Waals surface area contributed by atoms with E-state index in [4.69, 9.17) is 9.72 Å². The van der Waals surface area contributed by atoms with Crippen molar-refractivity contribution in [3.05, 3.63) is 71.7 Å². The highest BCUT2D eigenvalue weighted by atomic mass is 19.1. The van der Waals surface area contributed by atoms with Crippen LogP contribution in [0.5, 0.6) is 0 Å². The fourth-order valence-electron chi connectivity index (χ4n) is 4.23. The number of aliphatic hydroxyl groups excluding tert-OH is 2. The second-order valence-corrected chi connectivity index (χ2v) is 10.2. The lowest BCUT2D eigenvalue weighted by atomic mass is 9.92. The fraction of sp³-hybridized carbons (Fsp3) is 0.379. The van der Waals surface area contributed by atoms with Crippen molar-refractivity contribution in [3.63, 3.8) is 0 Å². The molecule has 1 aliphatic rings. The Morgan fingerprint density at radius 2 is 1.83 bits per heavy atom. The smallest absolute Gasteiger partial charge is 0.308 e. The number of aromatic nitrogens is 1. The zero-order chi connectivity index (χ0) is 25.2. The van der Waals surface area contributed by atoms with Crippen LogP contribution in [0.3, 0.4) is 0 Å². The molecule has 0 spiro atoms. The summed E-state index contributed by atoms with van der Waals surface area (Å²) in [5, 5.41) is 21.9. The van der Waals surface area contributed by atoms with Crippen molar-refractivity contribution in [2.45, 2.75) is 70.2 Å². The second-order valence-electron chi connectivity index (χ2n) is 10.2. The number of esters is 1. The van der Waals surface area contributed by atoms with Crippen molar-refractivity contribution < 1.29 is 24.1 Å². The minimum absolute atomic E-state index is 0.00139. The third kappa shape index (κ3) is 6.53. The number of rotatable bonds is 8. The van der Waals surface area contributed by atoms with Crippen LogP contribution in [0.25, 0.3) is 28.1 Å². The summed E-state index contributed by atoms with van der Waals surface area (Å²) >= 11 is 0. The topological polar surface area (TPSA) is 79.7 Å². The van der Waals surface area contributed by atoms with Gasteiger partial charge in [0.2, 0.25) is 0 Å². The number of aliphatic hydroxyl groups is 2. The Hall–Kier alpha value is -3.09. The van der Waals surface area contributed by atoms with Crippen LogP contribution >= 0.6 is 0 Å². The molecule has 3 aromatic rings. The maximum absolute atomic E-state index is 13.7. The van der Waals surface area contributed by atoms with Gasteiger partial charge in [0.1, 0.15) is 11.4 Å². The lowest BCUT2D eigenvalue weighted by Gasteiger charge is -2.21. The van der Waals surface area contributed by atoms with Crippen molar-refractivity contribution in [1.82, 2.24) is 4.98 Å². The summed E-state index contributed by atoms with van der Waals surface area (Å²) in [6.45, 7) is 5.30. The highest BCUT2D eigenvalue weighted by Crippen LogP contribution is 2.45. The molecule has 0 amide bonds. The quantitative estimate of drug-likeness (QED) is 0.402. The molecule has 0 radical (unpaired) electrons. The zero-order valence-electron chi connectivity index (χ0n) is 20.4. The average molecular weight is 478 g/mol. The van der Waals surface area contributed by atoms with Crippen molar-refractivity contribution >= 4 is 22.9 Å². The molecule has 1 aliphatic carbocycles. The van der Waals surface area contributed by atoms with Gasteiger partial charge in [0.25, 0.3) is 0 Å². The Morgan fingerprint density at radius 1 is 1.14 bits per heavy atom. The van der Waals surface area contributed by atoms with Gasteiger partial charge in [0.15, 0.2) is 0 Å². The first-order valence-corrected chi connectivity index (χ1v) is 12.1. The monoisotopic (exact) mass is 477 g/mol. The van der Waals surface area contributed by atoms with Crippen molar-refractivity contribution in [2.75, 3.05) is 0 Å². The zero-order valence-corrected chi connectivity index (χ0v) is 20.4. The fourth-order valence-corrected chi connectivity index (χ4v) is 4.23. The molecule has 4 rings (SSSR count). The van der Waals surface area contributed by atoms with E-state index in [0.29, 0.717) is 5.92 Å². The average Bonchev–Trinajstić information content (AvgIpc) is 3.61. The van der Waals surface area contributed by atoms with Crippen LogP contribution in [0, 0.1) is 5.82 Å². The Labute approximate surface area is 205 Å². The number of fused-ring (bicyclic) bond motifs is 1. The van der Waals surface area contributed by atoms with Gasteiger partial charge in [-0.2, -0.15) is 0 Å². The molecule has 2 atom stereocenters. The number of benzene rings is 2. The van der Waals surface area contributed by atoms with Gasteiger partial charge in [-0.3, -0.25) is 9.78 Å². The van der Waals surface area contributed by atoms with Crippen LogP contribution in [-0.2, 0) is 9.53 Å². The Balaban J connectivity index is 1.64. The highest BCUT2D eigenvalue weighted by molar-refractivity contribution is 5.99. The molecule has 6 heteroatoms. The summed E-state index contributed by atoms with van der Waals surface area (Å²) in [4.78, 5) is 16.9. The highest BCUT2D eigenvalue weighted by Gasteiger charge is 2.29. The van der Waals surface area contributed by atoms with Gasteiger partial charge < -0.3 is 14.9 Å². The number of nitrogens with zero attached hydrogens (tertiary/aromatic N) is 1. The van der Waals surface area contributed by atoms with E-state index in [1.807, 2.05) is 30.3 Å². The number of hydrogen-bond acceptors (Lipinski definition) is 5. The molecule has 2 N–H and O–H groups in total. The van der Waals surface area contributed by atoms with Gasteiger partial charge in [0, 0.05) is 28.9 Å². The molecule has 1 saturated carbocycles. The normalized spacial score (nSPS) is 15.9. The molecule has 2 aromatic carbocycles. The molecule has 0 aliphatic heterocycles. The van der Waals surface area contributed by atoms with E-state index in [1.54, 1.807) is 39.0 Å². The molecule has 184 valence electrons. The second kappa shape index (κ2) is 10.3. The maximum Gasteiger partial charge on any atom is 0.308 e. The Bertz CT molecular complexity index is 1230. The van der Waals surface area contributed by atoms with E-state index < -0.39 is 23.8 Å². The molecular formula is C29H32FNO4. The van der Waals surface area contributed by atoms with E-state index >= 15 is 0 Å². The summed E-state index contributed by atoms with van der Waals surface area (Å²) in [5.74, 6) is -0.469. The van der Waals surface area contributed by atoms with Crippen LogP contribution in [0.4, 0.5) is 4.39 Å². The molecule has 0 bridgehead atoms. The van der Waals surface area contributed by atoms with E-state index in [1.165, 1.54) is 12.1 Å². The first-order chi connectivity index (χ1) is 16.6. The third-order valence-corrected chi connectivity index (χ3v) is 5.88. The number of carbonyl (C=O) groups is 1. The number of pyridine rings is 1. The molecule has 0 saturated heterocycles. The van der Waals surface area contributed by atoms with Crippen LogP contribution in [0.1, 0.15) is 63.6 Å². The summed E-state index contributed by atoms with van der Waals surface area (Å²) in [7, 11) is 0. The number of hydrogen-bond donors (Lipinski definition) is 2. The van der Waals surface area contributed by atoms with E-state index in [2.05, 4.69) is 0 Å². The molecule has 1 fully saturated rings. The van der Waals surface area contributed by atoms with Crippen molar-refractivity contribution in [2.24, 2.45) is 0 Å². The minimum atomic E-state index is -1.03. The molecule has 1 unspecified atom stereocenters. The lowest BCUT2D eigenvalue weighted by Crippen LogP contribution is -2.27. The van der Waals surface area contributed by atoms with Crippen LogP contribution in [-0.4, -0.2) is 39.0 Å². The van der Waals surface area contributed by atoms with E-state index in [9.17, 15) is 19.4 Å². The van der Waals surface area contributed by atoms with E-state index in [0.717, 1.165) is 46.1 Å². The SMILES string of the molecule is CC(C)(C)OC(=O)C[C@H](O)CC(O)/C=C/c1c(C2CC2)nc2ccccc2c1-c1ccc(F)cc1. The number of para-hydroxylation sites is 1. The van der Waals surface area contributed by atoms with E-state index in [-0.39, 0.29) is 18.7 Å². The molecular weight excluding hydrogens is 445 g/mol. The van der Waals surface area contributed by atoms with Gasteiger partial charge in [-0.15, -0.1) is 0 Å². The number of halogens is 1. The van der Waals surface area contributed by atoms with Gasteiger partial charge >= 0.3 is 5.97 Å². The van der Waals surface area contributed by atoms with Crippen molar-refractivity contribution in [3.8, 4) is 11.1 Å². The largest absolute Gasteiger partial charge is 0.460 e. The molecule has 35 heavy (non-hydrogen) atoms. The van der Waals surface area contributed by atoms with Gasteiger partial charge in [-0.05, 0) is 57.4 Å². The predicted octanol–water partition coefficient (Wildman–Crippen LogP) is 5.78. The Morgan fingerprint density at radius 3 is 2.49 bits per heavy atom. The van der Waals surface area contributed by atoms with Crippen LogP contribution < -0.4 is 0 Å². The lowest BCUT2D eigenvalue weighted by molar-refractivity contribution is -0.157. The van der Waals surface area contributed by atoms with Crippen molar-refractivity contribution in [1.29, 1.82) is 0 Å². The minimum Gasteiger partial charge on any atom is -0.460 e. The maximum atomic E-state index is 13.7. The molecule has 1 heterocycles. The molecule has 1 aromatic heterocycles. The predicted molar refractivity (Wildman–Crippen MR) is 135 cm³/mol. The Kier molecular flexibility index (Phi) is 7.33. The van der Waals surface area contributed by atoms with Gasteiger partial charge in [-0.25, -0.2) is 4.39 Å². The first-order valence-electron chi connectivity index (χ1n) is 12.1. The standard InChI is InChI=1S/C29H32FNO4/c1-29(2,3)35-26(34)17-22(33)16-21(32)14-15-24-27(18-10-12-20(30)13-11-18)23-6-4-5-7-25(23)31-28(24)19-8-9-19/h4-7,10-15,19,21-22,32-33H,8-9,16-17H2,1-3H3/b15-14+/t21?,22-/m1/s1. The first kappa shape index (κ1) is 25.0. The summed E-state index contributed by atoms with van der Waals surface area (Å²) in [6, 6.07) is 14.3. The van der Waals surface area contributed by atoms with Crippen LogP contribution in [0.2, 0.25) is 0 Å².